The molecule has 3 nitrogen and oxygen atoms in total. The van der Waals surface area contributed by atoms with E-state index >= 15 is 0 Å². The largest absolute Gasteiger partial charge is 0.455 e. The van der Waals surface area contributed by atoms with Crippen LogP contribution in [0.1, 0.15) is 22.3 Å². The molecule has 0 saturated carbocycles. The van der Waals surface area contributed by atoms with E-state index < -0.39 is 5.41 Å². The number of para-hydroxylation sites is 4. The second-order valence-corrected chi connectivity index (χ2v) is 17.2. The van der Waals surface area contributed by atoms with Gasteiger partial charge in [-0.05, 0) is 117 Å². The molecule has 12 aromatic rings. The minimum Gasteiger partial charge on any atom is -0.455 e. The second-order valence-electron chi connectivity index (χ2n) is 17.2. The number of anilines is 3. The molecule has 0 fully saturated rings. The van der Waals surface area contributed by atoms with E-state index in [0.29, 0.717) is 0 Å². The van der Waals surface area contributed by atoms with Crippen molar-refractivity contribution in [1.82, 2.24) is 4.57 Å². The van der Waals surface area contributed by atoms with Crippen LogP contribution in [0, 0.1) is 0 Å². The zero-order valence-electron chi connectivity index (χ0n) is 34.7. The average molecular weight is 815 g/mol. The Labute approximate surface area is 370 Å². The van der Waals surface area contributed by atoms with Crippen molar-refractivity contribution in [2.45, 2.75) is 5.41 Å². The van der Waals surface area contributed by atoms with Crippen molar-refractivity contribution in [3.8, 4) is 39.1 Å². The smallest absolute Gasteiger partial charge is 0.143 e. The van der Waals surface area contributed by atoms with Crippen molar-refractivity contribution >= 4 is 60.8 Å². The Morgan fingerprint density at radius 3 is 1.67 bits per heavy atom. The van der Waals surface area contributed by atoms with Gasteiger partial charge in [0, 0.05) is 49.9 Å². The van der Waals surface area contributed by atoms with Crippen LogP contribution < -0.4 is 4.90 Å². The van der Waals surface area contributed by atoms with E-state index in [2.05, 4.69) is 234 Å². The molecule has 0 saturated heterocycles. The van der Waals surface area contributed by atoms with Gasteiger partial charge in [0.25, 0.3) is 0 Å². The van der Waals surface area contributed by atoms with Gasteiger partial charge < -0.3 is 13.9 Å². The van der Waals surface area contributed by atoms with E-state index in [-0.39, 0.29) is 0 Å². The molecule has 0 amide bonds. The molecular weight excluding hydrogens is 777 g/mol. The van der Waals surface area contributed by atoms with Gasteiger partial charge in [0.1, 0.15) is 11.2 Å². The predicted octanol–water partition coefficient (Wildman–Crippen LogP) is 16.2. The lowest BCUT2D eigenvalue weighted by Gasteiger charge is -2.32. The lowest BCUT2D eigenvalue weighted by molar-refractivity contribution is 0.670. The Balaban J connectivity index is 0.957. The summed E-state index contributed by atoms with van der Waals surface area (Å²) in [6.45, 7) is 0. The highest BCUT2D eigenvalue weighted by Gasteiger charge is 2.51. The van der Waals surface area contributed by atoms with Crippen LogP contribution in [0.2, 0.25) is 0 Å². The highest BCUT2D eigenvalue weighted by Crippen LogP contribution is 2.63. The quantitative estimate of drug-likeness (QED) is 0.173. The average Bonchev–Trinajstić information content (AvgIpc) is 4.08. The van der Waals surface area contributed by atoms with Crippen molar-refractivity contribution in [2.24, 2.45) is 0 Å². The molecule has 0 atom stereocenters. The Kier molecular flexibility index (Phi) is 7.32. The zero-order chi connectivity index (χ0) is 41.9. The predicted molar refractivity (Wildman–Crippen MR) is 264 cm³/mol. The van der Waals surface area contributed by atoms with E-state index in [4.69, 9.17) is 4.42 Å². The van der Waals surface area contributed by atoms with Gasteiger partial charge in [0.15, 0.2) is 0 Å². The Morgan fingerprint density at radius 1 is 0.344 bits per heavy atom. The van der Waals surface area contributed by atoms with Crippen LogP contribution in [0.15, 0.2) is 235 Å². The summed E-state index contributed by atoms with van der Waals surface area (Å²) >= 11 is 0. The number of nitrogens with zero attached hydrogens (tertiary/aromatic N) is 2. The maximum Gasteiger partial charge on any atom is 0.143 e. The molecule has 64 heavy (non-hydrogen) atoms. The first-order valence-corrected chi connectivity index (χ1v) is 22.1. The fourth-order valence-corrected chi connectivity index (χ4v) is 11.4. The first-order chi connectivity index (χ1) is 31.8. The van der Waals surface area contributed by atoms with Gasteiger partial charge in [-0.1, -0.05) is 164 Å². The van der Waals surface area contributed by atoms with Crippen molar-refractivity contribution in [1.29, 1.82) is 0 Å². The normalized spacial score (nSPS) is 13.1. The van der Waals surface area contributed by atoms with Gasteiger partial charge in [0.2, 0.25) is 0 Å². The van der Waals surface area contributed by atoms with Crippen molar-refractivity contribution in [3.63, 3.8) is 0 Å². The van der Waals surface area contributed by atoms with Crippen molar-refractivity contribution in [2.75, 3.05) is 4.90 Å². The number of hydrogen-bond donors (Lipinski definition) is 0. The number of hydrogen-bond acceptors (Lipinski definition) is 2. The summed E-state index contributed by atoms with van der Waals surface area (Å²) < 4.78 is 8.92. The number of furan rings is 1. The first-order valence-electron chi connectivity index (χ1n) is 22.1. The van der Waals surface area contributed by atoms with Crippen LogP contribution in [-0.4, -0.2) is 4.57 Å². The van der Waals surface area contributed by atoms with E-state index in [1.54, 1.807) is 0 Å². The van der Waals surface area contributed by atoms with Gasteiger partial charge >= 0.3 is 0 Å². The number of rotatable bonds is 5. The van der Waals surface area contributed by atoms with Crippen molar-refractivity contribution < 1.29 is 4.42 Å². The number of aromatic nitrogens is 1. The molecule has 3 heteroatoms. The summed E-state index contributed by atoms with van der Waals surface area (Å²) in [5.74, 6) is 0. The second kappa shape index (κ2) is 13.3. The monoisotopic (exact) mass is 814 g/mol. The maximum absolute atomic E-state index is 6.51. The first kappa shape index (κ1) is 35.2. The van der Waals surface area contributed by atoms with E-state index in [1.807, 2.05) is 6.07 Å². The topological polar surface area (TPSA) is 21.3 Å². The fourth-order valence-electron chi connectivity index (χ4n) is 11.4. The molecule has 2 heterocycles. The van der Waals surface area contributed by atoms with Gasteiger partial charge in [-0.15, -0.1) is 0 Å². The zero-order valence-corrected chi connectivity index (χ0v) is 34.7. The molecule has 0 bridgehead atoms. The van der Waals surface area contributed by atoms with Crippen LogP contribution in [0.25, 0.3) is 82.8 Å². The molecule has 0 unspecified atom stereocenters. The molecule has 298 valence electrons. The Hall–Kier alpha value is -8.40. The molecule has 2 aromatic heterocycles. The number of benzene rings is 10. The Bertz CT molecular complexity index is 3810. The SMILES string of the molecule is c1ccc(N(c2ccc3c(c2)C2(c4ccccc4-c4ccccc42)c2ccccc2-3)c2ccc3c(c2)c2ccccc2n3-c2cccc(-c3cccc4c3oc3ccccc34)c2)cc1. The summed E-state index contributed by atoms with van der Waals surface area (Å²) in [6, 6.07) is 84.5. The summed E-state index contributed by atoms with van der Waals surface area (Å²) in [5, 5.41) is 4.67. The van der Waals surface area contributed by atoms with Crippen LogP contribution in [0.5, 0.6) is 0 Å². The molecule has 2 aliphatic rings. The fraction of sp³-hybridized carbons (Fsp3) is 0.0164. The van der Waals surface area contributed by atoms with E-state index in [0.717, 1.165) is 66.8 Å². The minimum atomic E-state index is -0.431. The van der Waals surface area contributed by atoms with Crippen LogP contribution in [0.4, 0.5) is 17.1 Å². The molecule has 10 aromatic carbocycles. The third-order valence-electron chi connectivity index (χ3n) is 14.0. The summed E-state index contributed by atoms with van der Waals surface area (Å²) in [5.41, 5.74) is 20.9. The number of fused-ring (bicyclic) bond motifs is 16. The molecule has 1 spiro atoms. The van der Waals surface area contributed by atoms with Gasteiger partial charge in [-0.25, -0.2) is 0 Å². The van der Waals surface area contributed by atoms with Crippen LogP contribution in [0.3, 0.4) is 0 Å². The highest BCUT2D eigenvalue weighted by atomic mass is 16.3. The van der Waals surface area contributed by atoms with Crippen LogP contribution >= 0.6 is 0 Å². The highest BCUT2D eigenvalue weighted by molar-refractivity contribution is 6.12. The lowest BCUT2D eigenvalue weighted by atomic mass is 9.70. The Morgan fingerprint density at radius 2 is 0.906 bits per heavy atom. The summed E-state index contributed by atoms with van der Waals surface area (Å²) in [4.78, 5) is 2.43. The molecule has 2 aliphatic carbocycles. The molecule has 0 radical (unpaired) electrons. The van der Waals surface area contributed by atoms with Crippen molar-refractivity contribution in [3.05, 3.63) is 253 Å². The third kappa shape index (κ3) is 4.76. The minimum absolute atomic E-state index is 0.431. The molecule has 14 rings (SSSR count). The maximum atomic E-state index is 6.51. The third-order valence-corrected chi connectivity index (χ3v) is 14.0. The summed E-state index contributed by atoms with van der Waals surface area (Å²) in [7, 11) is 0. The lowest BCUT2D eigenvalue weighted by Crippen LogP contribution is -2.26. The standard InChI is InChI=1S/C61H38N2O/c1-2-17-40(18-3-1)62(43-32-34-48-47-22-6-11-29-55(47)61(56(48)38-43)53-27-9-4-20-45(53)46-21-5-10-28-54(46)61)42-33-35-58-52(37-42)49-23-7-12-30-57(49)63(58)41-19-14-16-39(36-41)44-25-15-26-51-50-24-8-13-31-59(50)64-60(44)51/h1-38H. The van der Waals surface area contributed by atoms with Gasteiger partial charge in [0.05, 0.1) is 16.4 Å². The van der Waals surface area contributed by atoms with E-state index in [1.165, 1.54) is 55.3 Å². The summed E-state index contributed by atoms with van der Waals surface area (Å²) in [6.07, 6.45) is 0. The molecular formula is C61H38N2O. The van der Waals surface area contributed by atoms with E-state index in [9.17, 15) is 0 Å². The van der Waals surface area contributed by atoms with Gasteiger partial charge in [-0.3, -0.25) is 0 Å². The molecule has 0 N–H and O–H groups in total. The van der Waals surface area contributed by atoms with Gasteiger partial charge in [-0.2, -0.15) is 0 Å². The van der Waals surface area contributed by atoms with Crippen LogP contribution in [-0.2, 0) is 5.41 Å². The molecule has 0 aliphatic heterocycles.